The fourth-order valence-corrected chi connectivity index (χ4v) is 2.26. The van der Waals surface area contributed by atoms with Crippen molar-refractivity contribution in [3.05, 3.63) is 0 Å². The molecule has 1 N–H and O–H groups in total. The van der Waals surface area contributed by atoms with Crippen LogP contribution in [0.5, 0.6) is 0 Å². The maximum absolute atomic E-state index is 4.14. The van der Waals surface area contributed by atoms with E-state index in [-0.39, 0.29) is 0 Å². The van der Waals surface area contributed by atoms with Gasteiger partial charge in [-0.1, -0.05) is 0 Å². The van der Waals surface area contributed by atoms with Crippen molar-refractivity contribution < 1.29 is 0 Å². The average Bonchev–Trinajstić information content (AvgIpc) is 2.19. The molecular weight excluding hydrogens is 138 g/mol. The van der Waals surface area contributed by atoms with Gasteiger partial charge >= 0.3 is 0 Å². The summed E-state index contributed by atoms with van der Waals surface area (Å²) in [4.78, 5) is 0. The number of hydrogen-bond acceptors (Lipinski definition) is 3. The van der Waals surface area contributed by atoms with Gasteiger partial charge in [0.1, 0.15) is 0 Å². The molecule has 1 aliphatic heterocycles. The SMILES string of the molecule is SCCC1NCCS1. The summed E-state index contributed by atoms with van der Waals surface area (Å²) in [6.45, 7) is 1.18. The minimum atomic E-state index is 0.701. The monoisotopic (exact) mass is 149 g/mol. The fourth-order valence-electron chi connectivity index (χ4n) is 0.783. The van der Waals surface area contributed by atoms with E-state index in [9.17, 15) is 0 Å². The molecule has 48 valence electrons. The molecule has 1 aliphatic rings. The molecule has 0 amide bonds. The molecule has 1 nitrogen and oxygen atoms in total. The van der Waals surface area contributed by atoms with Crippen LogP contribution in [0, 0.1) is 0 Å². The number of hydrogen-bond donors (Lipinski definition) is 2. The van der Waals surface area contributed by atoms with Gasteiger partial charge in [0.05, 0.1) is 5.37 Å². The molecule has 0 aromatic carbocycles. The van der Waals surface area contributed by atoms with E-state index in [1.54, 1.807) is 0 Å². The van der Waals surface area contributed by atoms with Crippen LogP contribution in [0.25, 0.3) is 0 Å². The zero-order valence-corrected chi connectivity index (χ0v) is 6.47. The van der Waals surface area contributed by atoms with E-state index in [0.29, 0.717) is 5.37 Å². The summed E-state index contributed by atoms with van der Waals surface area (Å²) in [6.07, 6.45) is 1.20. The molecule has 3 heteroatoms. The molecule has 0 saturated carbocycles. The predicted octanol–water partition coefficient (Wildman–Crippen LogP) is 0.969. The zero-order valence-electron chi connectivity index (χ0n) is 4.76. The Balaban J connectivity index is 2.06. The summed E-state index contributed by atoms with van der Waals surface area (Å²) < 4.78 is 0. The van der Waals surface area contributed by atoms with E-state index in [1.807, 2.05) is 11.8 Å². The van der Waals surface area contributed by atoms with E-state index in [1.165, 1.54) is 18.7 Å². The first-order chi connectivity index (χ1) is 3.93. The maximum Gasteiger partial charge on any atom is 0.0540 e. The van der Waals surface area contributed by atoms with Gasteiger partial charge in [0.15, 0.2) is 0 Å². The zero-order chi connectivity index (χ0) is 5.82. The molecule has 1 saturated heterocycles. The normalized spacial score (nSPS) is 28.9. The molecule has 0 aliphatic carbocycles. The lowest BCUT2D eigenvalue weighted by molar-refractivity contribution is 0.697. The summed E-state index contributed by atoms with van der Waals surface area (Å²) in [5, 5.41) is 4.07. The third-order valence-electron chi connectivity index (χ3n) is 1.18. The second kappa shape index (κ2) is 3.64. The first kappa shape index (κ1) is 6.78. The summed E-state index contributed by atoms with van der Waals surface area (Å²) >= 11 is 6.15. The van der Waals surface area contributed by atoms with Gasteiger partial charge in [-0.05, 0) is 12.2 Å². The van der Waals surface area contributed by atoms with Gasteiger partial charge in [-0.3, -0.25) is 0 Å². The van der Waals surface area contributed by atoms with Crippen molar-refractivity contribution >= 4 is 24.4 Å². The molecule has 8 heavy (non-hydrogen) atoms. The molecule has 1 heterocycles. The van der Waals surface area contributed by atoms with E-state index in [2.05, 4.69) is 17.9 Å². The van der Waals surface area contributed by atoms with Crippen LogP contribution in [0.2, 0.25) is 0 Å². The molecule has 1 fully saturated rings. The minimum Gasteiger partial charge on any atom is -0.304 e. The van der Waals surface area contributed by atoms with Crippen LogP contribution in [0.1, 0.15) is 6.42 Å². The van der Waals surface area contributed by atoms with Crippen LogP contribution in [0.3, 0.4) is 0 Å². The van der Waals surface area contributed by atoms with Crippen molar-refractivity contribution in [2.24, 2.45) is 0 Å². The van der Waals surface area contributed by atoms with Gasteiger partial charge < -0.3 is 5.32 Å². The predicted molar refractivity (Wildman–Crippen MR) is 42.7 cm³/mol. The van der Waals surface area contributed by atoms with Crippen molar-refractivity contribution in [1.82, 2.24) is 5.32 Å². The van der Waals surface area contributed by atoms with E-state index < -0.39 is 0 Å². The van der Waals surface area contributed by atoms with Crippen LogP contribution < -0.4 is 5.32 Å². The Morgan fingerprint density at radius 2 is 2.62 bits per heavy atom. The Morgan fingerprint density at radius 1 is 1.75 bits per heavy atom. The quantitative estimate of drug-likeness (QED) is 0.567. The van der Waals surface area contributed by atoms with Crippen molar-refractivity contribution in [3.63, 3.8) is 0 Å². The third-order valence-corrected chi connectivity index (χ3v) is 2.69. The van der Waals surface area contributed by atoms with Crippen LogP contribution in [-0.4, -0.2) is 23.4 Å². The Labute approximate surface area is 60.0 Å². The van der Waals surface area contributed by atoms with Crippen LogP contribution >= 0.6 is 24.4 Å². The highest BCUT2D eigenvalue weighted by Gasteiger charge is 2.11. The molecule has 0 spiro atoms. The Hall–Kier alpha value is 0.660. The smallest absolute Gasteiger partial charge is 0.0540 e. The maximum atomic E-state index is 4.14. The lowest BCUT2D eigenvalue weighted by Gasteiger charge is -2.04. The highest BCUT2D eigenvalue weighted by molar-refractivity contribution is 8.00. The van der Waals surface area contributed by atoms with Crippen molar-refractivity contribution in [2.45, 2.75) is 11.8 Å². The highest BCUT2D eigenvalue weighted by atomic mass is 32.2. The van der Waals surface area contributed by atoms with Crippen LogP contribution in [-0.2, 0) is 0 Å². The van der Waals surface area contributed by atoms with E-state index in [4.69, 9.17) is 0 Å². The number of thiol groups is 1. The highest BCUT2D eigenvalue weighted by Crippen LogP contribution is 2.16. The van der Waals surface area contributed by atoms with E-state index in [0.717, 1.165) is 5.75 Å². The molecule has 0 bridgehead atoms. The van der Waals surface area contributed by atoms with E-state index >= 15 is 0 Å². The van der Waals surface area contributed by atoms with Crippen molar-refractivity contribution in [1.29, 1.82) is 0 Å². The van der Waals surface area contributed by atoms with Gasteiger partial charge in [-0.15, -0.1) is 11.8 Å². The average molecular weight is 149 g/mol. The number of rotatable bonds is 2. The number of nitrogens with one attached hydrogen (secondary N) is 1. The molecule has 0 aromatic rings. The Morgan fingerprint density at radius 3 is 3.12 bits per heavy atom. The number of thioether (sulfide) groups is 1. The van der Waals surface area contributed by atoms with Crippen molar-refractivity contribution in [3.8, 4) is 0 Å². The summed E-state index contributed by atoms with van der Waals surface area (Å²) in [6, 6.07) is 0. The Kier molecular flexibility index (Phi) is 3.08. The third kappa shape index (κ3) is 1.88. The lowest BCUT2D eigenvalue weighted by atomic mass is 10.5. The summed E-state index contributed by atoms with van der Waals surface area (Å²) in [7, 11) is 0. The summed E-state index contributed by atoms with van der Waals surface area (Å²) in [5.41, 5.74) is 0. The lowest BCUT2D eigenvalue weighted by Crippen LogP contribution is -2.19. The largest absolute Gasteiger partial charge is 0.304 e. The first-order valence-electron chi connectivity index (χ1n) is 2.89. The van der Waals surface area contributed by atoms with Crippen LogP contribution in [0.15, 0.2) is 0 Å². The Bertz CT molecular complexity index is 61.4. The second-order valence-electron chi connectivity index (χ2n) is 1.83. The molecule has 0 radical (unpaired) electrons. The van der Waals surface area contributed by atoms with Crippen LogP contribution in [0.4, 0.5) is 0 Å². The minimum absolute atomic E-state index is 0.701. The molecule has 1 atom stereocenters. The molecular formula is C5H11NS2. The molecule has 1 rings (SSSR count). The summed E-state index contributed by atoms with van der Waals surface area (Å²) in [5.74, 6) is 2.28. The first-order valence-corrected chi connectivity index (χ1v) is 4.57. The van der Waals surface area contributed by atoms with Gasteiger partial charge in [0, 0.05) is 12.3 Å². The fraction of sp³-hybridized carbons (Fsp3) is 1.00. The van der Waals surface area contributed by atoms with Crippen molar-refractivity contribution in [2.75, 3.05) is 18.1 Å². The second-order valence-corrected chi connectivity index (χ2v) is 3.58. The topological polar surface area (TPSA) is 12.0 Å². The van der Waals surface area contributed by atoms with Gasteiger partial charge in [-0.25, -0.2) is 0 Å². The molecule has 0 aromatic heterocycles. The standard InChI is InChI=1S/C5H11NS2/c7-3-1-5-6-2-4-8-5/h5-7H,1-4H2. The molecule has 1 unspecified atom stereocenters. The van der Waals surface area contributed by atoms with Gasteiger partial charge in [-0.2, -0.15) is 12.6 Å². The van der Waals surface area contributed by atoms with Gasteiger partial charge in [0.25, 0.3) is 0 Å². The van der Waals surface area contributed by atoms with Gasteiger partial charge in [0.2, 0.25) is 0 Å².